The van der Waals surface area contributed by atoms with Crippen LogP contribution in [0.4, 0.5) is 0 Å². The molecule has 0 aromatic carbocycles. The second-order valence-electron chi connectivity index (χ2n) is 4.22. The maximum atomic E-state index is 8.99. The van der Waals surface area contributed by atoms with Crippen LogP contribution in [0.5, 0.6) is 0 Å². The number of hydrogen-bond donors (Lipinski definition) is 3. The minimum Gasteiger partial charge on any atom is -0.394 e. The van der Waals surface area contributed by atoms with Crippen molar-refractivity contribution in [3.05, 3.63) is 0 Å². The Morgan fingerprint density at radius 2 is 2.33 bits per heavy atom. The number of aliphatic hydroxyl groups excluding tert-OH is 1. The molecule has 0 bridgehead atoms. The van der Waals surface area contributed by atoms with Gasteiger partial charge in [0.15, 0.2) is 0 Å². The molecule has 0 amide bonds. The maximum Gasteiger partial charge on any atom is 0.0607 e. The van der Waals surface area contributed by atoms with Gasteiger partial charge < -0.3 is 15.7 Å². The van der Waals surface area contributed by atoms with Gasteiger partial charge in [0.25, 0.3) is 0 Å². The van der Waals surface area contributed by atoms with E-state index in [4.69, 9.17) is 5.11 Å². The minimum atomic E-state index is -0.135. The molecule has 0 aromatic rings. The fourth-order valence-electron chi connectivity index (χ4n) is 1.39. The summed E-state index contributed by atoms with van der Waals surface area (Å²) in [5.41, 5.74) is -0.135. The van der Waals surface area contributed by atoms with Crippen molar-refractivity contribution in [2.24, 2.45) is 0 Å². The highest BCUT2D eigenvalue weighted by Gasteiger charge is 2.19. The molecule has 1 heterocycles. The van der Waals surface area contributed by atoms with Crippen LogP contribution in [0.3, 0.4) is 0 Å². The van der Waals surface area contributed by atoms with E-state index in [2.05, 4.69) is 10.6 Å². The molecule has 1 fully saturated rings. The van der Waals surface area contributed by atoms with Gasteiger partial charge in [0, 0.05) is 18.1 Å². The first kappa shape index (κ1) is 9.96. The third-order valence-corrected chi connectivity index (χ3v) is 2.38. The van der Waals surface area contributed by atoms with Gasteiger partial charge in [-0.3, -0.25) is 0 Å². The molecule has 3 N–H and O–H groups in total. The van der Waals surface area contributed by atoms with Crippen LogP contribution in [-0.4, -0.2) is 36.4 Å². The molecule has 0 radical (unpaired) electrons. The molecule has 1 saturated heterocycles. The highest BCUT2D eigenvalue weighted by Crippen LogP contribution is 2.06. The predicted octanol–water partition coefficient (Wildman–Crippen LogP) is 0.0989. The number of nitrogens with one attached hydrogen (secondary N) is 2. The van der Waals surface area contributed by atoms with Crippen molar-refractivity contribution in [1.29, 1.82) is 0 Å². The minimum absolute atomic E-state index is 0.135. The van der Waals surface area contributed by atoms with E-state index in [1.807, 2.05) is 13.8 Å². The summed E-state index contributed by atoms with van der Waals surface area (Å²) in [5.74, 6) is 0. The molecule has 0 aliphatic carbocycles. The van der Waals surface area contributed by atoms with Gasteiger partial charge in [-0.15, -0.1) is 0 Å². The topological polar surface area (TPSA) is 44.3 Å². The fraction of sp³-hybridized carbons (Fsp3) is 1.00. The molecule has 3 heteroatoms. The first-order valence-electron chi connectivity index (χ1n) is 4.73. The average molecular weight is 172 g/mol. The first-order chi connectivity index (χ1) is 5.64. The molecule has 3 nitrogen and oxygen atoms in total. The van der Waals surface area contributed by atoms with E-state index in [1.54, 1.807) is 0 Å². The Balaban J connectivity index is 2.15. The summed E-state index contributed by atoms with van der Waals surface area (Å²) in [7, 11) is 0. The Morgan fingerprint density at radius 3 is 2.83 bits per heavy atom. The van der Waals surface area contributed by atoms with Crippen molar-refractivity contribution >= 4 is 0 Å². The lowest BCUT2D eigenvalue weighted by Gasteiger charge is -2.25. The van der Waals surface area contributed by atoms with Crippen LogP contribution < -0.4 is 10.6 Å². The predicted molar refractivity (Wildman–Crippen MR) is 50.2 cm³/mol. The fourth-order valence-corrected chi connectivity index (χ4v) is 1.39. The van der Waals surface area contributed by atoms with Crippen LogP contribution in [0.1, 0.15) is 26.7 Å². The van der Waals surface area contributed by atoms with Crippen LogP contribution in [0.25, 0.3) is 0 Å². The smallest absolute Gasteiger partial charge is 0.0607 e. The Morgan fingerprint density at radius 1 is 1.58 bits per heavy atom. The Labute approximate surface area is 74.5 Å². The first-order valence-corrected chi connectivity index (χ1v) is 4.73. The van der Waals surface area contributed by atoms with Gasteiger partial charge >= 0.3 is 0 Å². The van der Waals surface area contributed by atoms with E-state index >= 15 is 0 Å². The third kappa shape index (κ3) is 3.09. The van der Waals surface area contributed by atoms with Crippen LogP contribution in [0.2, 0.25) is 0 Å². The standard InChI is InChI=1S/C9H20N2O/c1-9(2,7-12)11-6-8-4-3-5-10-8/h8,10-12H,3-7H2,1-2H3. The van der Waals surface area contributed by atoms with E-state index in [0.29, 0.717) is 6.04 Å². The van der Waals surface area contributed by atoms with Gasteiger partial charge in [0.1, 0.15) is 0 Å². The van der Waals surface area contributed by atoms with Gasteiger partial charge in [-0.25, -0.2) is 0 Å². The molecule has 0 aromatic heterocycles. The number of aliphatic hydroxyl groups is 1. The summed E-state index contributed by atoms with van der Waals surface area (Å²) >= 11 is 0. The molecule has 1 rings (SSSR count). The molecule has 12 heavy (non-hydrogen) atoms. The zero-order valence-corrected chi connectivity index (χ0v) is 8.06. The Bertz CT molecular complexity index is 130. The Hall–Kier alpha value is -0.120. The number of hydrogen-bond acceptors (Lipinski definition) is 3. The molecule has 1 unspecified atom stereocenters. The van der Waals surface area contributed by atoms with Crippen molar-refractivity contribution in [2.45, 2.75) is 38.3 Å². The molecule has 1 atom stereocenters. The van der Waals surface area contributed by atoms with Gasteiger partial charge in [-0.05, 0) is 33.2 Å². The van der Waals surface area contributed by atoms with Crippen LogP contribution >= 0.6 is 0 Å². The molecule has 1 aliphatic rings. The molecule has 0 saturated carbocycles. The summed E-state index contributed by atoms with van der Waals surface area (Å²) < 4.78 is 0. The van der Waals surface area contributed by atoms with E-state index in [9.17, 15) is 0 Å². The number of rotatable bonds is 4. The van der Waals surface area contributed by atoms with Crippen LogP contribution in [0.15, 0.2) is 0 Å². The van der Waals surface area contributed by atoms with E-state index in [0.717, 1.165) is 13.1 Å². The highest BCUT2D eigenvalue weighted by atomic mass is 16.3. The maximum absolute atomic E-state index is 8.99. The Kier molecular flexibility index (Phi) is 3.50. The van der Waals surface area contributed by atoms with E-state index < -0.39 is 0 Å². The van der Waals surface area contributed by atoms with Crippen LogP contribution in [0, 0.1) is 0 Å². The lowest BCUT2D eigenvalue weighted by molar-refractivity contribution is 0.186. The van der Waals surface area contributed by atoms with Crippen LogP contribution in [-0.2, 0) is 0 Å². The molecule has 72 valence electrons. The zero-order chi connectivity index (χ0) is 9.03. The van der Waals surface area contributed by atoms with E-state index in [-0.39, 0.29) is 12.1 Å². The molecule has 0 spiro atoms. The van der Waals surface area contributed by atoms with Gasteiger partial charge in [-0.2, -0.15) is 0 Å². The average Bonchev–Trinajstić information content (AvgIpc) is 2.53. The lowest BCUT2D eigenvalue weighted by atomic mass is 10.1. The van der Waals surface area contributed by atoms with Crippen molar-refractivity contribution in [3.8, 4) is 0 Å². The lowest BCUT2D eigenvalue weighted by Crippen LogP contribution is -2.47. The summed E-state index contributed by atoms with van der Waals surface area (Å²) in [6.07, 6.45) is 2.54. The summed E-state index contributed by atoms with van der Waals surface area (Å²) in [6.45, 7) is 6.34. The quantitative estimate of drug-likeness (QED) is 0.563. The third-order valence-electron chi connectivity index (χ3n) is 2.38. The van der Waals surface area contributed by atoms with Crippen molar-refractivity contribution in [3.63, 3.8) is 0 Å². The normalized spacial score (nSPS) is 24.8. The second-order valence-corrected chi connectivity index (χ2v) is 4.22. The van der Waals surface area contributed by atoms with Crippen molar-refractivity contribution in [2.75, 3.05) is 19.7 Å². The van der Waals surface area contributed by atoms with E-state index in [1.165, 1.54) is 12.8 Å². The largest absolute Gasteiger partial charge is 0.394 e. The molecule has 1 aliphatic heterocycles. The van der Waals surface area contributed by atoms with Gasteiger partial charge in [0.05, 0.1) is 6.61 Å². The highest BCUT2D eigenvalue weighted by molar-refractivity contribution is 4.82. The summed E-state index contributed by atoms with van der Waals surface area (Å²) in [5, 5.41) is 15.7. The monoisotopic (exact) mass is 172 g/mol. The summed E-state index contributed by atoms with van der Waals surface area (Å²) in [6, 6.07) is 0.607. The zero-order valence-electron chi connectivity index (χ0n) is 8.06. The summed E-state index contributed by atoms with van der Waals surface area (Å²) in [4.78, 5) is 0. The van der Waals surface area contributed by atoms with Crippen molar-refractivity contribution < 1.29 is 5.11 Å². The van der Waals surface area contributed by atoms with Gasteiger partial charge in [-0.1, -0.05) is 0 Å². The SMILES string of the molecule is CC(C)(CO)NCC1CCCN1. The van der Waals surface area contributed by atoms with Crippen molar-refractivity contribution in [1.82, 2.24) is 10.6 Å². The molecular formula is C9H20N2O. The second kappa shape index (κ2) is 4.21. The molecular weight excluding hydrogens is 152 g/mol. The van der Waals surface area contributed by atoms with Gasteiger partial charge in [0.2, 0.25) is 0 Å².